The molecule has 78 valence electrons. The molecule has 1 saturated heterocycles. The SMILES string of the molecule is CS(=O)(=O)NCCCC1CCNC1. The van der Waals surface area contributed by atoms with Crippen molar-refractivity contribution < 1.29 is 8.42 Å². The van der Waals surface area contributed by atoms with Crippen LogP contribution in [-0.4, -0.2) is 34.3 Å². The van der Waals surface area contributed by atoms with Crippen LogP contribution in [0.2, 0.25) is 0 Å². The Morgan fingerprint density at radius 1 is 1.54 bits per heavy atom. The second kappa shape index (κ2) is 4.93. The summed E-state index contributed by atoms with van der Waals surface area (Å²) in [5.41, 5.74) is 0. The molecule has 0 saturated carbocycles. The standard InChI is InChI=1S/C8H18N2O2S/c1-13(11,12)10-5-2-3-8-4-6-9-7-8/h8-10H,2-7H2,1H3. The molecule has 13 heavy (non-hydrogen) atoms. The molecule has 1 aliphatic heterocycles. The average molecular weight is 206 g/mol. The summed E-state index contributed by atoms with van der Waals surface area (Å²) < 4.78 is 23.9. The lowest BCUT2D eigenvalue weighted by molar-refractivity contribution is 0.505. The van der Waals surface area contributed by atoms with Crippen molar-refractivity contribution in [1.29, 1.82) is 0 Å². The zero-order chi connectivity index (χ0) is 9.73. The highest BCUT2D eigenvalue weighted by atomic mass is 32.2. The number of nitrogens with one attached hydrogen (secondary N) is 2. The fourth-order valence-corrected chi connectivity index (χ4v) is 2.12. The van der Waals surface area contributed by atoms with Gasteiger partial charge >= 0.3 is 0 Å². The van der Waals surface area contributed by atoms with Crippen molar-refractivity contribution in [2.24, 2.45) is 5.92 Å². The summed E-state index contributed by atoms with van der Waals surface area (Å²) in [6, 6.07) is 0. The van der Waals surface area contributed by atoms with E-state index in [1.54, 1.807) is 0 Å². The normalized spacial score (nSPS) is 23.6. The maximum absolute atomic E-state index is 10.7. The van der Waals surface area contributed by atoms with E-state index in [4.69, 9.17) is 0 Å². The fraction of sp³-hybridized carbons (Fsp3) is 1.00. The topological polar surface area (TPSA) is 58.2 Å². The van der Waals surface area contributed by atoms with Gasteiger partial charge in [0, 0.05) is 6.54 Å². The second-order valence-corrected chi connectivity index (χ2v) is 5.50. The molecule has 0 aromatic rings. The number of hydrogen-bond donors (Lipinski definition) is 2. The van der Waals surface area contributed by atoms with Crippen LogP contribution in [0.25, 0.3) is 0 Å². The zero-order valence-electron chi connectivity index (χ0n) is 8.04. The van der Waals surface area contributed by atoms with Crippen LogP contribution in [0, 0.1) is 5.92 Å². The quantitative estimate of drug-likeness (QED) is 0.619. The van der Waals surface area contributed by atoms with E-state index in [-0.39, 0.29) is 0 Å². The van der Waals surface area contributed by atoms with Crippen molar-refractivity contribution in [3.8, 4) is 0 Å². The Morgan fingerprint density at radius 3 is 2.85 bits per heavy atom. The fourth-order valence-electron chi connectivity index (χ4n) is 1.61. The third kappa shape index (κ3) is 5.23. The molecule has 0 spiro atoms. The van der Waals surface area contributed by atoms with E-state index in [1.165, 1.54) is 12.7 Å². The summed E-state index contributed by atoms with van der Waals surface area (Å²) in [5.74, 6) is 0.751. The number of rotatable bonds is 5. The monoisotopic (exact) mass is 206 g/mol. The highest BCUT2D eigenvalue weighted by Gasteiger charge is 2.13. The molecule has 0 amide bonds. The molecular weight excluding hydrogens is 188 g/mol. The molecule has 0 bridgehead atoms. The Kier molecular flexibility index (Phi) is 4.15. The molecule has 1 fully saturated rings. The van der Waals surface area contributed by atoms with Crippen LogP contribution in [0.4, 0.5) is 0 Å². The van der Waals surface area contributed by atoms with E-state index < -0.39 is 10.0 Å². The lowest BCUT2D eigenvalue weighted by Crippen LogP contribution is -2.23. The molecule has 0 aromatic carbocycles. The van der Waals surface area contributed by atoms with Crippen LogP contribution in [0.3, 0.4) is 0 Å². The third-order valence-corrected chi connectivity index (χ3v) is 3.04. The molecule has 1 atom stereocenters. The minimum atomic E-state index is -2.99. The molecule has 2 N–H and O–H groups in total. The van der Waals surface area contributed by atoms with Crippen molar-refractivity contribution in [2.45, 2.75) is 19.3 Å². The van der Waals surface area contributed by atoms with Gasteiger partial charge < -0.3 is 5.32 Å². The van der Waals surface area contributed by atoms with Gasteiger partial charge in [0.05, 0.1) is 6.26 Å². The first-order chi connectivity index (χ1) is 6.08. The first kappa shape index (κ1) is 10.9. The molecule has 0 radical (unpaired) electrons. The van der Waals surface area contributed by atoms with Gasteiger partial charge in [-0.3, -0.25) is 0 Å². The summed E-state index contributed by atoms with van der Waals surface area (Å²) in [7, 11) is -2.99. The van der Waals surface area contributed by atoms with Crippen LogP contribution < -0.4 is 10.0 Å². The maximum atomic E-state index is 10.7. The Hall–Kier alpha value is -0.130. The van der Waals surface area contributed by atoms with Gasteiger partial charge in [0.1, 0.15) is 0 Å². The van der Waals surface area contributed by atoms with Gasteiger partial charge in [-0.05, 0) is 38.3 Å². The molecule has 5 heteroatoms. The summed E-state index contributed by atoms with van der Waals surface area (Å²) in [6.07, 6.45) is 4.50. The van der Waals surface area contributed by atoms with Crippen LogP contribution in [0.1, 0.15) is 19.3 Å². The number of sulfonamides is 1. The molecule has 1 aliphatic rings. The van der Waals surface area contributed by atoms with E-state index in [1.807, 2.05) is 0 Å². The number of hydrogen-bond acceptors (Lipinski definition) is 3. The van der Waals surface area contributed by atoms with Crippen LogP contribution in [0.15, 0.2) is 0 Å². The molecule has 1 rings (SSSR count). The molecule has 1 unspecified atom stereocenters. The van der Waals surface area contributed by atoms with Gasteiger partial charge in [0.25, 0.3) is 0 Å². The predicted octanol–water partition coefficient (Wildman–Crippen LogP) is -0.0747. The minimum absolute atomic E-state index is 0.579. The van der Waals surface area contributed by atoms with Gasteiger partial charge in [-0.1, -0.05) is 0 Å². The maximum Gasteiger partial charge on any atom is 0.208 e. The van der Waals surface area contributed by atoms with E-state index in [9.17, 15) is 8.42 Å². The van der Waals surface area contributed by atoms with Crippen molar-refractivity contribution in [3.05, 3.63) is 0 Å². The molecular formula is C8H18N2O2S. The van der Waals surface area contributed by atoms with Gasteiger partial charge in [-0.2, -0.15) is 0 Å². The van der Waals surface area contributed by atoms with Crippen LogP contribution >= 0.6 is 0 Å². The Balaban J connectivity index is 2.01. The summed E-state index contributed by atoms with van der Waals surface area (Å²) >= 11 is 0. The van der Waals surface area contributed by atoms with Crippen molar-refractivity contribution in [2.75, 3.05) is 25.9 Å². The average Bonchev–Trinajstić information content (AvgIpc) is 2.48. The Morgan fingerprint density at radius 2 is 2.31 bits per heavy atom. The van der Waals surface area contributed by atoms with Crippen LogP contribution in [-0.2, 0) is 10.0 Å². The van der Waals surface area contributed by atoms with Crippen molar-refractivity contribution in [1.82, 2.24) is 10.0 Å². The molecule has 1 heterocycles. The smallest absolute Gasteiger partial charge is 0.208 e. The van der Waals surface area contributed by atoms with Gasteiger partial charge in [0.15, 0.2) is 0 Å². The second-order valence-electron chi connectivity index (χ2n) is 3.67. The van der Waals surface area contributed by atoms with Gasteiger partial charge in [0.2, 0.25) is 10.0 Å². The first-order valence-corrected chi connectivity index (χ1v) is 6.62. The highest BCUT2D eigenvalue weighted by Crippen LogP contribution is 2.13. The van der Waals surface area contributed by atoms with E-state index in [2.05, 4.69) is 10.0 Å². The molecule has 0 aromatic heterocycles. The third-order valence-electron chi connectivity index (χ3n) is 2.32. The summed E-state index contributed by atoms with van der Waals surface area (Å²) in [5, 5.41) is 3.29. The lowest BCUT2D eigenvalue weighted by atomic mass is 10.0. The lowest BCUT2D eigenvalue weighted by Gasteiger charge is -2.07. The van der Waals surface area contributed by atoms with E-state index in [0.29, 0.717) is 6.54 Å². The van der Waals surface area contributed by atoms with Crippen molar-refractivity contribution >= 4 is 10.0 Å². The minimum Gasteiger partial charge on any atom is -0.316 e. The predicted molar refractivity (Wildman–Crippen MR) is 53.1 cm³/mol. The molecule has 4 nitrogen and oxygen atoms in total. The zero-order valence-corrected chi connectivity index (χ0v) is 8.86. The largest absolute Gasteiger partial charge is 0.316 e. The summed E-state index contributed by atoms with van der Waals surface area (Å²) in [4.78, 5) is 0. The van der Waals surface area contributed by atoms with E-state index in [0.717, 1.165) is 31.8 Å². The van der Waals surface area contributed by atoms with E-state index >= 15 is 0 Å². The van der Waals surface area contributed by atoms with Gasteiger partial charge in [-0.15, -0.1) is 0 Å². The first-order valence-electron chi connectivity index (χ1n) is 4.73. The van der Waals surface area contributed by atoms with Crippen molar-refractivity contribution in [3.63, 3.8) is 0 Å². The Labute approximate surface area is 80.1 Å². The Bertz CT molecular complexity index is 233. The molecule has 0 aliphatic carbocycles. The summed E-state index contributed by atoms with van der Waals surface area (Å²) in [6.45, 7) is 2.79. The van der Waals surface area contributed by atoms with Gasteiger partial charge in [-0.25, -0.2) is 13.1 Å². The highest BCUT2D eigenvalue weighted by molar-refractivity contribution is 7.88. The van der Waals surface area contributed by atoms with Crippen LogP contribution in [0.5, 0.6) is 0 Å².